The van der Waals surface area contributed by atoms with E-state index in [2.05, 4.69) is 106 Å². The second-order valence-corrected chi connectivity index (χ2v) is 21.6. The van der Waals surface area contributed by atoms with Crippen molar-refractivity contribution in [1.82, 2.24) is 0 Å². The van der Waals surface area contributed by atoms with Crippen molar-refractivity contribution in [1.29, 1.82) is 0 Å². The van der Waals surface area contributed by atoms with Gasteiger partial charge in [-0.2, -0.15) is 0 Å². The number of hydrogen-bond acceptors (Lipinski definition) is 6. The van der Waals surface area contributed by atoms with Crippen LogP contribution in [0, 0.1) is 0 Å². The number of allylic oxidation sites excluding steroid dienone is 14. The van der Waals surface area contributed by atoms with E-state index in [1.54, 1.807) is 0 Å². The van der Waals surface area contributed by atoms with Crippen LogP contribution in [0.1, 0.15) is 323 Å². The molecule has 1 atom stereocenters. The maximum atomic E-state index is 12.9. The molecule has 0 aliphatic carbocycles. The largest absolute Gasteiger partial charge is 0.462 e. The quantitative estimate of drug-likeness (QED) is 0.0261. The van der Waals surface area contributed by atoms with E-state index >= 15 is 0 Å². The van der Waals surface area contributed by atoms with E-state index in [4.69, 9.17) is 14.2 Å². The zero-order valence-corrected chi connectivity index (χ0v) is 50.3. The highest BCUT2D eigenvalue weighted by Gasteiger charge is 2.19. The Labute approximate surface area is 471 Å². The van der Waals surface area contributed by atoms with Crippen molar-refractivity contribution < 1.29 is 28.6 Å². The Hall–Kier alpha value is -3.41. The summed E-state index contributed by atoms with van der Waals surface area (Å²) in [6.07, 6.45) is 84.5. The van der Waals surface area contributed by atoms with Crippen molar-refractivity contribution >= 4 is 17.9 Å². The maximum Gasteiger partial charge on any atom is 0.306 e. The fraction of sp³-hybridized carbons (Fsp3) is 0.757. The Kier molecular flexibility index (Phi) is 61.2. The van der Waals surface area contributed by atoms with Gasteiger partial charge in [-0.1, -0.05) is 292 Å². The summed E-state index contributed by atoms with van der Waals surface area (Å²) in [5.74, 6) is -0.873. The van der Waals surface area contributed by atoms with Crippen LogP contribution in [0.5, 0.6) is 0 Å². The van der Waals surface area contributed by atoms with Gasteiger partial charge in [0, 0.05) is 19.3 Å². The molecule has 0 fully saturated rings. The number of esters is 3. The molecule has 0 spiro atoms. The summed E-state index contributed by atoms with van der Waals surface area (Å²) >= 11 is 0. The summed E-state index contributed by atoms with van der Waals surface area (Å²) in [4.78, 5) is 38.2. The van der Waals surface area contributed by atoms with Gasteiger partial charge in [-0.15, -0.1) is 0 Å². The molecule has 0 aliphatic heterocycles. The fourth-order valence-corrected chi connectivity index (χ4v) is 9.27. The molecule has 0 radical (unpaired) electrons. The highest BCUT2D eigenvalue weighted by molar-refractivity contribution is 5.71. The van der Waals surface area contributed by atoms with Gasteiger partial charge < -0.3 is 14.2 Å². The molecule has 0 aromatic carbocycles. The third kappa shape index (κ3) is 61.4. The zero-order chi connectivity index (χ0) is 55.0. The minimum absolute atomic E-state index is 0.0758. The third-order valence-electron chi connectivity index (χ3n) is 14.1. The first-order chi connectivity index (χ1) is 37.5. The van der Waals surface area contributed by atoms with Crippen LogP contribution >= 0.6 is 0 Å². The molecule has 0 heterocycles. The van der Waals surface area contributed by atoms with E-state index in [1.165, 1.54) is 173 Å². The van der Waals surface area contributed by atoms with Gasteiger partial charge in [0.2, 0.25) is 0 Å². The van der Waals surface area contributed by atoms with Crippen LogP contribution in [0.15, 0.2) is 85.1 Å². The number of ether oxygens (including phenoxy) is 3. The van der Waals surface area contributed by atoms with E-state index in [0.29, 0.717) is 19.3 Å². The molecule has 1 unspecified atom stereocenters. The van der Waals surface area contributed by atoms with Crippen LogP contribution in [-0.4, -0.2) is 37.2 Å². The number of hydrogen-bond donors (Lipinski definition) is 0. The number of carbonyl (C=O) groups excluding carboxylic acids is 3. The first kappa shape index (κ1) is 72.6. The third-order valence-corrected chi connectivity index (χ3v) is 14.1. The van der Waals surface area contributed by atoms with Crippen LogP contribution < -0.4 is 0 Å². The fourth-order valence-electron chi connectivity index (χ4n) is 9.27. The molecule has 0 aromatic rings. The number of carbonyl (C=O) groups is 3. The molecule has 0 bridgehead atoms. The Morgan fingerprint density at radius 1 is 0.276 bits per heavy atom. The minimum Gasteiger partial charge on any atom is -0.462 e. The summed E-state index contributed by atoms with van der Waals surface area (Å²) < 4.78 is 16.9. The Bertz CT molecular complexity index is 1450. The van der Waals surface area contributed by atoms with E-state index in [-0.39, 0.29) is 31.1 Å². The lowest BCUT2D eigenvalue weighted by Gasteiger charge is -2.18. The normalized spacial score (nSPS) is 12.6. The Balaban J connectivity index is 4.20. The predicted molar refractivity (Wildman–Crippen MR) is 330 cm³/mol. The molecule has 76 heavy (non-hydrogen) atoms. The smallest absolute Gasteiger partial charge is 0.306 e. The van der Waals surface area contributed by atoms with Gasteiger partial charge in [0.05, 0.1) is 0 Å². The summed E-state index contributed by atoms with van der Waals surface area (Å²) in [7, 11) is 0. The SMILES string of the molecule is CC/C=C\C/C=C\C/C=C\C/C=C\C/C=C\C/C=C\CCCCCCCCCCCCCCC(=O)OCC(COC(=O)CCCCCCCCCCCCCCC)OC(=O)CCCCCCC/C=C\CCCCCCC. The van der Waals surface area contributed by atoms with E-state index in [1.807, 2.05) is 0 Å². The number of rotatable bonds is 59. The topological polar surface area (TPSA) is 78.9 Å². The highest BCUT2D eigenvalue weighted by Crippen LogP contribution is 2.17. The molecule has 0 saturated heterocycles. The monoisotopic (exact) mass is 1060 g/mol. The van der Waals surface area contributed by atoms with Crippen molar-refractivity contribution in [3.63, 3.8) is 0 Å². The molecule has 438 valence electrons. The zero-order valence-electron chi connectivity index (χ0n) is 50.3. The lowest BCUT2D eigenvalue weighted by Crippen LogP contribution is -2.30. The van der Waals surface area contributed by atoms with E-state index in [9.17, 15) is 14.4 Å². The molecule has 0 saturated carbocycles. The van der Waals surface area contributed by atoms with Gasteiger partial charge in [-0.3, -0.25) is 14.4 Å². The number of unbranched alkanes of at least 4 members (excludes halogenated alkanes) is 34. The maximum absolute atomic E-state index is 12.9. The molecule has 6 nitrogen and oxygen atoms in total. The Morgan fingerprint density at radius 2 is 0.513 bits per heavy atom. The molecule has 0 aromatic heterocycles. The summed E-state index contributed by atoms with van der Waals surface area (Å²) in [6.45, 7) is 6.54. The van der Waals surface area contributed by atoms with Gasteiger partial charge in [0.15, 0.2) is 6.10 Å². The Morgan fingerprint density at radius 3 is 0.816 bits per heavy atom. The van der Waals surface area contributed by atoms with Crippen LogP contribution in [0.2, 0.25) is 0 Å². The van der Waals surface area contributed by atoms with Crippen LogP contribution in [-0.2, 0) is 28.6 Å². The first-order valence-electron chi connectivity index (χ1n) is 32.6. The first-order valence-corrected chi connectivity index (χ1v) is 32.6. The average molecular weight is 1060 g/mol. The second kappa shape index (κ2) is 64.1. The van der Waals surface area contributed by atoms with Crippen LogP contribution in [0.3, 0.4) is 0 Å². The lowest BCUT2D eigenvalue weighted by molar-refractivity contribution is -0.167. The van der Waals surface area contributed by atoms with Crippen LogP contribution in [0.4, 0.5) is 0 Å². The summed E-state index contributed by atoms with van der Waals surface area (Å²) in [5, 5.41) is 0. The van der Waals surface area contributed by atoms with Crippen molar-refractivity contribution in [3.8, 4) is 0 Å². The molecular weight excluding hydrogens is 937 g/mol. The molecular formula is C70H122O6. The molecule has 6 heteroatoms. The van der Waals surface area contributed by atoms with Gasteiger partial charge in [-0.25, -0.2) is 0 Å². The van der Waals surface area contributed by atoms with Crippen LogP contribution in [0.25, 0.3) is 0 Å². The van der Waals surface area contributed by atoms with Crippen molar-refractivity contribution in [2.45, 2.75) is 329 Å². The van der Waals surface area contributed by atoms with Gasteiger partial charge in [-0.05, 0) is 96.3 Å². The summed E-state index contributed by atoms with van der Waals surface area (Å²) in [5.41, 5.74) is 0. The van der Waals surface area contributed by atoms with Crippen molar-refractivity contribution in [2.75, 3.05) is 13.2 Å². The molecule has 0 N–H and O–H groups in total. The minimum atomic E-state index is -0.779. The molecule has 0 rings (SSSR count). The van der Waals surface area contributed by atoms with E-state index < -0.39 is 6.10 Å². The molecule has 0 aliphatic rings. The highest BCUT2D eigenvalue weighted by atomic mass is 16.6. The summed E-state index contributed by atoms with van der Waals surface area (Å²) in [6, 6.07) is 0. The van der Waals surface area contributed by atoms with Crippen molar-refractivity contribution in [2.24, 2.45) is 0 Å². The second-order valence-electron chi connectivity index (χ2n) is 21.6. The van der Waals surface area contributed by atoms with Gasteiger partial charge >= 0.3 is 17.9 Å². The average Bonchev–Trinajstić information content (AvgIpc) is 3.42. The lowest BCUT2D eigenvalue weighted by atomic mass is 10.0. The van der Waals surface area contributed by atoms with Crippen molar-refractivity contribution in [3.05, 3.63) is 85.1 Å². The molecule has 0 amide bonds. The predicted octanol–water partition coefficient (Wildman–Crippen LogP) is 22.3. The van der Waals surface area contributed by atoms with Gasteiger partial charge in [0.25, 0.3) is 0 Å². The standard InChI is InChI=1S/C70H122O6/c1-4-7-10-13-16-19-22-25-27-28-29-30-31-32-33-34-35-36-37-38-39-40-41-42-43-46-48-51-54-57-60-63-69(72)75-66-67(65-74-68(71)62-59-56-53-50-47-44-24-21-18-15-12-9-6-3)76-70(73)64-61-58-55-52-49-45-26-23-20-17-14-11-8-5-2/h7,10,16,19,23,25-27,29-30,32-33,35-36,67H,4-6,8-9,11-15,17-18,20-22,24,28,31,34,37-66H2,1-3H3/b10-7-,19-16-,26-23-,27-25-,30-29-,33-32-,36-35-. The van der Waals surface area contributed by atoms with E-state index in [0.717, 1.165) is 109 Å². The van der Waals surface area contributed by atoms with Gasteiger partial charge in [0.1, 0.15) is 13.2 Å².